The van der Waals surface area contributed by atoms with Gasteiger partial charge in [-0.1, -0.05) is 17.0 Å². The van der Waals surface area contributed by atoms with Gasteiger partial charge >= 0.3 is 0 Å². The van der Waals surface area contributed by atoms with E-state index in [-0.39, 0.29) is 5.91 Å². The largest absolute Gasteiger partial charge is 0.360 e. The van der Waals surface area contributed by atoms with Gasteiger partial charge in [-0.2, -0.15) is 0 Å². The molecule has 6 heteroatoms. The van der Waals surface area contributed by atoms with E-state index in [9.17, 15) is 4.79 Å². The first-order chi connectivity index (χ1) is 9.20. The van der Waals surface area contributed by atoms with Crippen molar-refractivity contribution in [1.29, 1.82) is 0 Å². The highest BCUT2D eigenvalue weighted by Crippen LogP contribution is 2.20. The number of rotatable bonds is 3. The van der Waals surface area contributed by atoms with Gasteiger partial charge in [-0.25, -0.2) is 0 Å². The summed E-state index contributed by atoms with van der Waals surface area (Å²) < 4.78 is 4.90. The van der Waals surface area contributed by atoms with Crippen molar-refractivity contribution in [3.05, 3.63) is 39.4 Å². The van der Waals surface area contributed by atoms with Crippen molar-refractivity contribution < 1.29 is 9.32 Å². The van der Waals surface area contributed by atoms with Crippen LogP contribution in [0.25, 0.3) is 0 Å². The minimum atomic E-state index is -0.148. The Kier molecular flexibility index (Phi) is 4.34. The lowest BCUT2D eigenvalue weighted by Crippen LogP contribution is -2.21. The van der Waals surface area contributed by atoms with E-state index < -0.39 is 0 Å². The summed E-state index contributed by atoms with van der Waals surface area (Å²) >= 11 is 1.36. The molecule has 3 N–H and O–H groups in total. The third-order valence-electron chi connectivity index (χ3n) is 2.36. The molecule has 0 spiro atoms. The minimum Gasteiger partial charge on any atom is -0.360 e. The second kappa shape index (κ2) is 6.18. The molecule has 0 aliphatic heterocycles. The summed E-state index contributed by atoms with van der Waals surface area (Å²) in [6.45, 7) is 2.55. The van der Waals surface area contributed by atoms with Crippen LogP contribution >= 0.6 is 11.3 Å². The van der Waals surface area contributed by atoms with Crippen LogP contribution in [0.5, 0.6) is 0 Å². The van der Waals surface area contributed by atoms with Gasteiger partial charge in [-0.15, -0.1) is 11.3 Å². The fourth-order valence-electron chi connectivity index (χ4n) is 1.44. The van der Waals surface area contributed by atoms with Gasteiger partial charge in [0.1, 0.15) is 0 Å². The van der Waals surface area contributed by atoms with Crippen LogP contribution in [0, 0.1) is 18.8 Å². The van der Waals surface area contributed by atoms with Crippen molar-refractivity contribution in [2.45, 2.75) is 13.5 Å². The number of aryl methyl sites for hydroxylation is 1. The maximum Gasteiger partial charge on any atom is 0.261 e. The molecule has 0 saturated heterocycles. The summed E-state index contributed by atoms with van der Waals surface area (Å²) in [5.41, 5.74) is 6.31. The second-order valence-corrected chi connectivity index (χ2v) is 4.84. The Labute approximate surface area is 114 Å². The van der Waals surface area contributed by atoms with E-state index in [1.807, 2.05) is 13.0 Å². The van der Waals surface area contributed by atoms with Crippen LogP contribution in [-0.2, 0) is 6.54 Å². The summed E-state index contributed by atoms with van der Waals surface area (Å²) in [6.07, 6.45) is 1.54. The zero-order valence-electron chi connectivity index (χ0n) is 10.4. The first-order valence-corrected chi connectivity index (χ1v) is 6.49. The van der Waals surface area contributed by atoms with E-state index in [0.717, 1.165) is 10.4 Å². The van der Waals surface area contributed by atoms with Gasteiger partial charge in [0.25, 0.3) is 5.91 Å². The lowest BCUT2D eigenvalue weighted by Gasteiger charge is -1.99. The molecule has 2 aromatic rings. The number of carbonyl (C=O) groups excluding carboxylic acids is 1. The standard InChI is InChI=1S/C13H13N3O2S/c1-9-7-12(19-11(9)3-2-5-14)13(17)15-8-10-4-6-16-18-10/h4,6-7H,5,8,14H2,1H3,(H,15,17). The molecule has 0 aliphatic rings. The fraction of sp³-hybridized carbons (Fsp3) is 0.231. The fourth-order valence-corrected chi connectivity index (χ4v) is 2.40. The van der Waals surface area contributed by atoms with E-state index in [4.69, 9.17) is 10.3 Å². The molecule has 2 rings (SSSR count). The molecule has 0 bridgehead atoms. The van der Waals surface area contributed by atoms with Gasteiger partial charge < -0.3 is 15.6 Å². The average Bonchev–Trinajstić information content (AvgIpc) is 3.03. The number of nitrogens with zero attached hydrogens (tertiary/aromatic N) is 1. The predicted octanol–water partition coefficient (Wildman–Crippen LogP) is 1.28. The zero-order chi connectivity index (χ0) is 13.7. The number of carbonyl (C=O) groups is 1. The van der Waals surface area contributed by atoms with Gasteiger partial charge in [0, 0.05) is 6.07 Å². The Morgan fingerprint density at radius 1 is 1.63 bits per heavy atom. The SMILES string of the molecule is Cc1cc(C(=O)NCc2ccno2)sc1C#CCN. The van der Waals surface area contributed by atoms with Crippen molar-refractivity contribution in [1.82, 2.24) is 10.5 Å². The number of nitrogens with one attached hydrogen (secondary N) is 1. The molecule has 0 unspecified atom stereocenters. The van der Waals surface area contributed by atoms with Gasteiger partial charge in [-0.05, 0) is 18.6 Å². The molecular formula is C13H13N3O2S. The molecular weight excluding hydrogens is 262 g/mol. The molecule has 0 aromatic carbocycles. The Morgan fingerprint density at radius 2 is 2.47 bits per heavy atom. The Morgan fingerprint density at radius 3 is 3.16 bits per heavy atom. The highest BCUT2D eigenvalue weighted by molar-refractivity contribution is 7.14. The van der Waals surface area contributed by atoms with E-state index >= 15 is 0 Å². The van der Waals surface area contributed by atoms with E-state index in [1.54, 1.807) is 6.07 Å². The summed E-state index contributed by atoms with van der Waals surface area (Å²) in [7, 11) is 0. The smallest absolute Gasteiger partial charge is 0.261 e. The van der Waals surface area contributed by atoms with E-state index in [0.29, 0.717) is 23.7 Å². The number of hydrogen-bond acceptors (Lipinski definition) is 5. The van der Waals surface area contributed by atoms with Gasteiger partial charge in [-0.3, -0.25) is 4.79 Å². The van der Waals surface area contributed by atoms with Crippen LogP contribution in [0.3, 0.4) is 0 Å². The molecule has 0 aliphatic carbocycles. The van der Waals surface area contributed by atoms with Crippen LogP contribution in [-0.4, -0.2) is 17.6 Å². The minimum absolute atomic E-state index is 0.148. The van der Waals surface area contributed by atoms with E-state index in [2.05, 4.69) is 22.3 Å². The molecule has 5 nitrogen and oxygen atoms in total. The topological polar surface area (TPSA) is 81.2 Å². The van der Waals surface area contributed by atoms with Gasteiger partial charge in [0.2, 0.25) is 0 Å². The van der Waals surface area contributed by atoms with Crippen LogP contribution in [0.2, 0.25) is 0 Å². The normalized spacial score (nSPS) is 9.79. The molecule has 0 fully saturated rings. The molecule has 2 aromatic heterocycles. The van der Waals surface area contributed by atoms with Crippen LogP contribution in [0.15, 0.2) is 22.9 Å². The lowest BCUT2D eigenvalue weighted by atomic mass is 10.2. The first-order valence-electron chi connectivity index (χ1n) is 5.68. The Balaban J connectivity index is 2.03. The quantitative estimate of drug-likeness (QED) is 0.827. The predicted molar refractivity (Wildman–Crippen MR) is 72.7 cm³/mol. The molecule has 1 amide bonds. The van der Waals surface area contributed by atoms with Gasteiger partial charge in [0.05, 0.1) is 29.0 Å². The van der Waals surface area contributed by atoms with Crippen molar-refractivity contribution in [3.8, 4) is 11.8 Å². The number of aromatic nitrogens is 1. The monoisotopic (exact) mass is 275 g/mol. The highest BCUT2D eigenvalue weighted by Gasteiger charge is 2.11. The van der Waals surface area contributed by atoms with Crippen LogP contribution in [0.4, 0.5) is 0 Å². The van der Waals surface area contributed by atoms with Crippen molar-refractivity contribution >= 4 is 17.2 Å². The van der Waals surface area contributed by atoms with Crippen molar-refractivity contribution in [3.63, 3.8) is 0 Å². The molecule has 2 heterocycles. The first kappa shape index (κ1) is 13.3. The summed E-state index contributed by atoms with van der Waals surface area (Å²) in [5.74, 6) is 6.21. The van der Waals surface area contributed by atoms with E-state index in [1.165, 1.54) is 17.5 Å². The lowest BCUT2D eigenvalue weighted by molar-refractivity contribution is 0.0951. The highest BCUT2D eigenvalue weighted by atomic mass is 32.1. The van der Waals surface area contributed by atoms with Crippen LogP contribution in [0.1, 0.15) is 25.9 Å². The Hall–Kier alpha value is -2.10. The van der Waals surface area contributed by atoms with Crippen molar-refractivity contribution in [2.24, 2.45) is 5.73 Å². The molecule has 0 radical (unpaired) electrons. The maximum absolute atomic E-state index is 11.9. The van der Waals surface area contributed by atoms with Crippen molar-refractivity contribution in [2.75, 3.05) is 6.54 Å². The maximum atomic E-state index is 11.9. The molecule has 0 saturated carbocycles. The third-order valence-corrected chi connectivity index (χ3v) is 3.51. The number of nitrogens with two attached hydrogens (primary N) is 1. The summed E-state index contributed by atoms with van der Waals surface area (Å²) in [6, 6.07) is 3.53. The second-order valence-electron chi connectivity index (χ2n) is 3.79. The Bertz CT molecular complexity index is 620. The van der Waals surface area contributed by atoms with Gasteiger partial charge in [0.15, 0.2) is 5.76 Å². The number of hydrogen-bond donors (Lipinski definition) is 2. The molecule has 0 atom stereocenters. The summed E-state index contributed by atoms with van der Waals surface area (Å²) in [4.78, 5) is 13.4. The average molecular weight is 275 g/mol. The van der Waals surface area contributed by atoms with Crippen LogP contribution < -0.4 is 11.1 Å². The third kappa shape index (κ3) is 3.44. The molecule has 19 heavy (non-hydrogen) atoms. The molecule has 98 valence electrons. The number of thiophene rings is 1. The zero-order valence-corrected chi connectivity index (χ0v) is 11.2. The number of amides is 1. The summed E-state index contributed by atoms with van der Waals surface area (Å²) in [5, 5.41) is 6.33.